The Kier molecular flexibility index (Phi) is 3.56. The summed E-state index contributed by atoms with van der Waals surface area (Å²) in [6.45, 7) is 3.24. The first kappa shape index (κ1) is 14.7. The van der Waals surface area contributed by atoms with Gasteiger partial charge in [-0.3, -0.25) is 4.79 Å². The summed E-state index contributed by atoms with van der Waals surface area (Å²) in [5, 5.41) is 0. The molecule has 0 bridgehead atoms. The minimum atomic E-state index is 0.307. The summed E-state index contributed by atoms with van der Waals surface area (Å²) in [6.07, 6.45) is 11.9. The Labute approximate surface area is 134 Å². The zero-order valence-electron chi connectivity index (χ0n) is 14.0. The lowest BCUT2D eigenvalue weighted by Crippen LogP contribution is -2.38. The Morgan fingerprint density at radius 1 is 1.27 bits per heavy atom. The van der Waals surface area contributed by atoms with Crippen LogP contribution in [0, 0.1) is 23.2 Å². The first-order valence-corrected chi connectivity index (χ1v) is 9.08. The fraction of sp³-hybridized carbons (Fsp3) is 0.750. The van der Waals surface area contributed by atoms with Gasteiger partial charge in [0.25, 0.3) is 0 Å². The molecule has 0 saturated heterocycles. The van der Waals surface area contributed by atoms with Crippen LogP contribution < -0.4 is 0 Å². The van der Waals surface area contributed by atoms with Crippen LogP contribution in [0.25, 0.3) is 0 Å². The van der Waals surface area contributed by atoms with Crippen molar-refractivity contribution in [2.45, 2.75) is 58.3 Å². The highest BCUT2D eigenvalue weighted by molar-refractivity contribution is 5.93. The van der Waals surface area contributed by atoms with Crippen LogP contribution in [0.15, 0.2) is 22.8 Å². The van der Waals surface area contributed by atoms with Gasteiger partial charge in [-0.25, -0.2) is 0 Å². The van der Waals surface area contributed by atoms with Crippen LogP contribution in [-0.4, -0.2) is 19.5 Å². The third-order valence-electron chi connectivity index (χ3n) is 7.03. The lowest BCUT2D eigenvalue weighted by Gasteiger charge is -2.48. The van der Waals surface area contributed by atoms with E-state index in [2.05, 4.69) is 6.92 Å². The Balaban J connectivity index is 1.76. The van der Waals surface area contributed by atoms with Gasteiger partial charge in [0.2, 0.25) is 0 Å². The van der Waals surface area contributed by atoms with E-state index in [-0.39, 0.29) is 0 Å². The Morgan fingerprint density at radius 3 is 2.95 bits per heavy atom. The standard InChI is InChI=1S/C20H28O2/c1-20-8-3-4-18(20)16-6-5-13-10-15(21)11-14(12-22-2)19(13)17(16)7-9-20/h10,14,16,18H,3-9,11-12H2,1-2H3/t14?,16-,18+,20+/m1/s1. The third kappa shape index (κ3) is 2.14. The smallest absolute Gasteiger partial charge is 0.156 e. The van der Waals surface area contributed by atoms with Crippen LogP contribution in [0.1, 0.15) is 58.3 Å². The van der Waals surface area contributed by atoms with Crippen molar-refractivity contribution >= 4 is 5.78 Å². The average molecular weight is 300 g/mol. The van der Waals surface area contributed by atoms with Crippen molar-refractivity contribution in [2.24, 2.45) is 23.2 Å². The summed E-state index contributed by atoms with van der Waals surface area (Å²) < 4.78 is 5.45. The van der Waals surface area contributed by atoms with E-state index in [0.29, 0.717) is 30.1 Å². The molecule has 2 saturated carbocycles. The molecule has 4 rings (SSSR count). The normalized spacial score (nSPS) is 40.9. The van der Waals surface area contributed by atoms with E-state index in [1.807, 2.05) is 6.08 Å². The van der Waals surface area contributed by atoms with Gasteiger partial charge in [-0.2, -0.15) is 0 Å². The number of fused-ring (bicyclic) bond motifs is 4. The molecule has 0 N–H and O–H groups in total. The van der Waals surface area contributed by atoms with Gasteiger partial charge in [0, 0.05) is 19.4 Å². The van der Waals surface area contributed by atoms with Crippen molar-refractivity contribution in [3.63, 3.8) is 0 Å². The Morgan fingerprint density at radius 2 is 2.14 bits per heavy atom. The topological polar surface area (TPSA) is 26.3 Å². The van der Waals surface area contributed by atoms with Gasteiger partial charge in [-0.05, 0) is 73.0 Å². The van der Waals surface area contributed by atoms with E-state index in [0.717, 1.165) is 18.3 Å². The predicted octanol–water partition coefficient (Wildman–Crippen LogP) is 4.46. The number of carbonyl (C=O) groups is 1. The summed E-state index contributed by atoms with van der Waals surface area (Å²) in [4.78, 5) is 12.0. The Bertz CT molecular complexity index is 556. The molecular formula is C20H28O2. The van der Waals surface area contributed by atoms with Crippen molar-refractivity contribution in [3.05, 3.63) is 22.8 Å². The molecule has 0 aromatic carbocycles. The molecule has 0 aliphatic heterocycles. The van der Waals surface area contributed by atoms with Crippen molar-refractivity contribution in [1.29, 1.82) is 0 Å². The number of rotatable bonds is 2. The molecular weight excluding hydrogens is 272 g/mol. The number of hydrogen-bond donors (Lipinski definition) is 0. The number of allylic oxidation sites excluding steroid dienone is 3. The quantitative estimate of drug-likeness (QED) is 0.753. The van der Waals surface area contributed by atoms with Crippen LogP contribution in [0.2, 0.25) is 0 Å². The molecule has 4 aliphatic rings. The van der Waals surface area contributed by atoms with Gasteiger partial charge >= 0.3 is 0 Å². The maximum absolute atomic E-state index is 12.0. The Hall–Kier alpha value is -0.890. The zero-order valence-corrected chi connectivity index (χ0v) is 14.0. The summed E-state index contributed by atoms with van der Waals surface area (Å²) in [6, 6.07) is 0. The van der Waals surface area contributed by atoms with Crippen molar-refractivity contribution in [2.75, 3.05) is 13.7 Å². The van der Waals surface area contributed by atoms with Crippen LogP contribution in [-0.2, 0) is 9.53 Å². The van der Waals surface area contributed by atoms with Crippen molar-refractivity contribution in [1.82, 2.24) is 0 Å². The van der Waals surface area contributed by atoms with E-state index in [1.54, 1.807) is 18.3 Å². The van der Waals surface area contributed by atoms with Gasteiger partial charge < -0.3 is 4.74 Å². The van der Waals surface area contributed by atoms with Crippen LogP contribution in [0.4, 0.5) is 0 Å². The molecule has 0 amide bonds. The minimum Gasteiger partial charge on any atom is -0.384 e. The van der Waals surface area contributed by atoms with Crippen LogP contribution in [0.3, 0.4) is 0 Å². The number of hydrogen-bond acceptors (Lipinski definition) is 2. The molecule has 0 heterocycles. The van der Waals surface area contributed by atoms with E-state index >= 15 is 0 Å². The molecule has 4 atom stereocenters. The fourth-order valence-corrected chi connectivity index (χ4v) is 6.08. The molecule has 0 aromatic rings. The van der Waals surface area contributed by atoms with Crippen molar-refractivity contribution in [3.8, 4) is 0 Å². The maximum Gasteiger partial charge on any atom is 0.156 e. The van der Waals surface area contributed by atoms with Crippen molar-refractivity contribution < 1.29 is 9.53 Å². The predicted molar refractivity (Wildman–Crippen MR) is 87.5 cm³/mol. The molecule has 4 aliphatic carbocycles. The SMILES string of the molecule is COCC1CC(=O)C=C2CC[C@@H]3C(=C21)CC[C@]1(C)CCC[C@@H]31. The zero-order chi connectivity index (χ0) is 15.3. The number of methoxy groups -OCH3 is 1. The summed E-state index contributed by atoms with van der Waals surface area (Å²) in [5.74, 6) is 2.31. The number of carbonyl (C=O) groups excluding carboxylic acids is 1. The third-order valence-corrected chi connectivity index (χ3v) is 7.03. The van der Waals surface area contributed by atoms with E-state index in [9.17, 15) is 4.79 Å². The molecule has 1 unspecified atom stereocenters. The molecule has 2 heteroatoms. The molecule has 22 heavy (non-hydrogen) atoms. The lowest BCUT2D eigenvalue weighted by atomic mass is 9.57. The monoisotopic (exact) mass is 300 g/mol. The van der Waals surface area contributed by atoms with E-state index in [4.69, 9.17) is 4.74 Å². The van der Waals surface area contributed by atoms with Crippen LogP contribution >= 0.6 is 0 Å². The average Bonchev–Trinajstić information content (AvgIpc) is 2.88. The largest absolute Gasteiger partial charge is 0.384 e. The van der Waals surface area contributed by atoms with Gasteiger partial charge in [0.05, 0.1) is 6.61 Å². The minimum absolute atomic E-state index is 0.307. The highest BCUT2D eigenvalue weighted by atomic mass is 16.5. The van der Waals surface area contributed by atoms with Gasteiger partial charge in [-0.1, -0.05) is 18.9 Å². The summed E-state index contributed by atoms with van der Waals surface area (Å²) in [7, 11) is 1.77. The summed E-state index contributed by atoms with van der Waals surface area (Å²) in [5.41, 5.74) is 5.21. The lowest BCUT2D eigenvalue weighted by molar-refractivity contribution is -0.116. The number of ketones is 1. The van der Waals surface area contributed by atoms with E-state index < -0.39 is 0 Å². The molecule has 2 nitrogen and oxygen atoms in total. The fourth-order valence-electron chi connectivity index (χ4n) is 6.08. The first-order valence-electron chi connectivity index (χ1n) is 9.08. The van der Waals surface area contributed by atoms with Gasteiger partial charge in [0.15, 0.2) is 5.78 Å². The second-order valence-corrected chi connectivity index (χ2v) is 8.23. The number of ether oxygens (including phenoxy) is 1. The first-order chi connectivity index (χ1) is 10.6. The molecule has 2 fully saturated rings. The molecule has 0 aromatic heterocycles. The van der Waals surface area contributed by atoms with Gasteiger partial charge in [0.1, 0.15) is 0 Å². The molecule has 0 spiro atoms. The van der Waals surface area contributed by atoms with Gasteiger partial charge in [-0.15, -0.1) is 0 Å². The second kappa shape index (κ2) is 5.33. The molecule has 0 radical (unpaired) electrons. The highest BCUT2D eigenvalue weighted by Gasteiger charge is 2.49. The van der Waals surface area contributed by atoms with Crippen LogP contribution in [0.5, 0.6) is 0 Å². The summed E-state index contributed by atoms with van der Waals surface area (Å²) >= 11 is 0. The maximum atomic E-state index is 12.0. The molecule has 120 valence electrons. The second-order valence-electron chi connectivity index (χ2n) is 8.23. The van der Waals surface area contributed by atoms with E-state index in [1.165, 1.54) is 44.1 Å². The highest BCUT2D eigenvalue weighted by Crippen LogP contribution is 2.60.